The molecule has 2 N–H and O–H groups in total. The first kappa shape index (κ1) is 15.0. The Kier molecular flexibility index (Phi) is 4.58. The van der Waals surface area contributed by atoms with Gasteiger partial charge in [0.2, 0.25) is 0 Å². The molecule has 0 atom stereocenters. The van der Waals surface area contributed by atoms with Gasteiger partial charge in [-0.25, -0.2) is 0 Å². The molecule has 0 aliphatic heterocycles. The number of aromatic amines is 1. The number of aliphatic carboxylic acids is 1. The predicted octanol–water partition coefficient (Wildman–Crippen LogP) is 3.18. The van der Waals surface area contributed by atoms with Gasteiger partial charge in [-0.05, 0) is 29.5 Å². The third kappa shape index (κ3) is 3.81. The van der Waals surface area contributed by atoms with E-state index >= 15 is 0 Å². The van der Waals surface area contributed by atoms with Gasteiger partial charge in [-0.2, -0.15) is 0 Å². The molecule has 110 valence electrons. The zero-order valence-corrected chi connectivity index (χ0v) is 12.2. The highest BCUT2D eigenvalue weighted by molar-refractivity contribution is 5.67. The van der Waals surface area contributed by atoms with Gasteiger partial charge in [-0.15, -0.1) is 0 Å². The van der Waals surface area contributed by atoms with Crippen LogP contribution in [0.1, 0.15) is 37.3 Å². The van der Waals surface area contributed by atoms with Crippen LogP contribution in [0.2, 0.25) is 0 Å². The Labute approximate surface area is 123 Å². The number of rotatable bonds is 5. The van der Waals surface area contributed by atoms with Crippen LogP contribution in [-0.4, -0.2) is 16.1 Å². The number of hydrogen-bond donors (Lipinski definition) is 2. The number of hydrogen-bond acceptors (Lipinski definition) is 2. The minimum Gasteiger partial charge on any atom is -0.481 e. The summed E-state index contributed by atoms with van der Waals surface area (Å²) < 4.78 is 0. The number of carboxylic acid groups (broad SMARTS) is 1. The number of carboxylic acids is 1. The Morgan fingerprint density at radius 2 is 1.81 bits per heavy atom. The fourth-order valence-corrected chi connectivity index (χ4v) is 2.16. The molecule has 0 aliphatic carbocycles. The molecule has 0 fully saturated rings. The van der Waals surface area contributed by atoms with Gasteiger partial charge < -0.3 is 10.1 Å². The molecule has 2 rings (SSSR count). The predicted molar refractivity (Wildman–Crippen MR) is 82.5 cm³/mol. The number of H-pyrrole nitrogens is 1. The van der Waals surface area contributed by atoms with E-state index < -0.39 is 5.97 Å². The molecule has 0 spiro atoms. The van der Waals surface area contributed by atoms with Crippen LogP contribution in [0.3, 0.4) is 0 Å². The summed E-state index contributed by atoms with van der Waals surface area (Å²) in [7, 11) is 0. The SMILES string of the molecule is CC(C)c1ccc(-c2ccc(CCC(=O)O)c(=O)[nH]2)cc1. The summed E-state index contributed by atoms with van der Waals surface area (Å²) in [6, 6.07) is 11.6. The molecule has 1 heterocycles. The quantitative estimate of drug-likeness (QED) is 0.886. The molecule has 4 heteroatoms. The lowest BCUT2D eigenvalue weighted by Crippen LogP contribution is -2.14. The fraction of sp³-hybridized carbons (Fsp3) is 0.294. The van der Waals surface area contributed by atoms with Crippen molar-refractivity contribution in [2.75, 3.05) is 0 Å². The highest BCUT2D eigenvalue weighted by atomic mass is 16.4. The van der Waals surface area contributed by atoms with Crippen LogP contribution < -0.4 is 5.56 Å². The average Bonchev–Trinajstić information content (AvgIpc) is 2.46. The van der Waals surface area contributed by atoms with Crippen molar-refractivity contribution < 1.29 is 9.90 Å². The maximum absolute atomic E-state index is 12.0. The largest absolute Gasteiger partial charge is 0.481 e. The third-order valence-corrected chi connectivity index (χ3v) is 3.49. The zero-order chi connectivity index (χ0) is 15.4. The second kappa shape index (κ2) is 6.39. The zero-order valence-electron chi connectivity index (χ0n) is 12.2. The van der Waals surface area contributed by atoms with Crippen molar-refractivity contribution in [3.63, 3.8) is 0 Å². The molecule has 0 amide bonds. The van der Waals surface area contributed by atoms with Crippen molar-refractivity contribution in [3.8, 4) is 11.3 Å². The Morgan fingerprint density at radius 3 is 2.33 bits per heavy atom. The van der Waals surface area contributed by atoms with Crippen LogP contribution in [0.4, 0.5) is 0 Å². The summed E-state index contributed by atoms with van der Waals surface area (Å²) in [5.74, 6) is -0.431. The molecular weight excluding hydrogens is 266 g/mol. The molecule has 4 nitrogen and oxygen atoms in total. The van der Waals surface area contributed by atoms with E-state index in [9.17, 15) is 9.59 Å². The summed E-state index contributed by atoms with van der Waals surface area (Å²) in [6.07, 6.45) is 0.211. The maximum Gasteiger partial charge on any atom is 0.303 e. The van der Waals surface area contributed by atoms with E-state index in [1.807, 2.05) is 18.2 Å². The monoisotopic (exact) mass is 285 g/mol. The highest BCUT2D eigenvalue weighted by Crippen LogP contribution is 2.20. The lowest BCUT2D eigenvalue weighted by atomic mass is 10.0. The summed E-state index contributed by atoms with van der Waals surface area (Å²) in [6.45, 7) is 4.27. The van der Waals surface area contributed by atoms with E-state index in [1.165, 1.54) is 5.56 Å². The molecule has 1 aromatic carbocycles. The smallest absolute Gasteiger partial charge is 0.303 e. The highest BCUT2D eigenvalue weighted by Gasteiger charge is 2.06. The van der Waals surface area contributed by atoms with Crippen LogP contribution in [0.25, 0.3) is 11.3 Å². The number of aryl methyl sites for hydroxylation is 1. The molecule has 0 saturated carbocycles. The second-order valence-electron chi connectivity index (χ2n) is 5.40. The molecule has 0 aliphatic rings. The number of pyridine rings is 1. The van der Waals surface area contributed by atoms with E-state index in [0.717, 1.165) is 11.3 Å². The lowest BCUT2D eigenvalue weighted by molar-refractivity contribution is -0.136. The molecule has 0 bridgehead atoms. The molecule has 21 heavy (non-hydrogen) atoms. The summed E-state index contributed by atoms with van der Waals surface area (Å²) in [4.78, 5) is 25.3. The van der Waals surface area contributed by atoms with Gasteiger partial charge in [0.15, 0.2) is 0 Å². The normalized spacial score (nSPS) is 10.8. The summed E-state index contributed by atoms with van der Waals surface area (Å²) in [5, 5.41) is 8.66. The van der Waals surface area contributed by atoms with Gasteiger partial charge in [0.25, 0.3) is 5.56 Å². The maximum atomic E-state index is 12.0. The van der Waals surface area contributed by atoms with Gasteiger partial charge in [-0.3, -0.25) is 9.59 Å². The van der Waals surface area contributed by atoms with Gasteiger partial charge in [0.05, 0.1) is 0 Å². The van der Waals surface area contributed by atoms with Crippen LogP contribution in [0.15, 0.2) is 41.2 Å². The molecule has 0 radical (unpaired) electrons. The van der Waals surface area contributed by atoms with Gasteiger partial charge in [0.1, 0.15) is 0 Å². The van der Waals surface area contributed by atoms with E-state index in [4.69, 9.17) is 5.11 Å². The fourth-order valence-electron chi connectivity index (χ4n) is 2.16. The molecular formula is C17H19NO3. The van der Waals surface area contributed by atoms with Crippen molar-refractivity contribution in [1.29, 1.82) is 0 Å². The molecule has 1 aromatic heterocycles. The van der Waals surface area contributed by atoms with Crippen molar-refractivity contribution in [3.05, 3.63) is 57.9 Å². The van der Waals surface area contributed by atoms with Crippen LogP contribution in [0.5, 0.6) is 0 Å². The lowest BCUT2D eigenvalue weighted by Gasteiger charge is -2.07. The van der Waals surface area contributed by atoms with E-state index in [0.29, 0.717) is 11.5 Å². The van der Waals surface area contributed by atoms with Crippen LogP contribution in [-0.2, 0) is 11.2 Å². The van der Waals surface area contributed by atoms with Crippen molar-refractivity contribution in [2.45, 2.75) is 32.6 Å². The van der Waals surface area contributed by atoms with Gasteiger partial charge in [0, 0.05) is 17.7 Å². The number of nitrogens with one attached hydrogen (secondary N) is 1. The Hall–Kier alpha value is -2.36. The average molecular weight is 285 g/mol. The van der Waals surface area contributed by atoms with E-state index in [-0.39, 0.29) is 18.4 Å². The topological polar surface area (TPSA) is 70.2 Å². The second-order valence-corrected chi connectivity index (χ2v) is 5.40. The summed E-state index contributed by atoms with van der Waals surface area (Å²) >= 11 is 0. The standard InChI is InChI=1S/C17H19NO3/c1-11(2)12-3-5-13(6-4-12)15-9-7-14(17(21)18-15)8-10-16(19)20/h3-7,9,11H,8,10H2,1-2H3,(H,18,21)(H,19,20). The van der Waals surface area contributed by atoms with Gasteiger partial charge in [-0.1, -0.05) is 44.2 Å². The van der Waals surface area contributed by atoms with Crippen molar-refractivity contribution in [1.82, 2.24) is 4.98 Å². The van der Waals surface area contributed by atoms with Gasteiger partial charge >= 0.3 is 5.97 Å². The van der Waals surface area contributed by atoms with Crippen LogP contribution in [0, 0.1) is 0 Å². The Bertz CT molecular complexity index is 684. The molecule has 2 aromatic rings. The van der Waals surface area contributed by atoms with Crippen molar-refractivity contribution in [2.24, 2.45) is 0 Å². The number of aromatic nitrogens is 1. The van der Waals surface area contributed by atoms with Crippen LogP contribution >= 0.6 is 0 Å². The Balaban J connectivity index is 2.23. The summed E-state index contributed by atoms with van der Waals surface area (Å²) in [5.41, 5.74) is 3.22. The van der Waals surface area contributed by atoms with E-state index in [1.54, 1.807) is 6.07 Å². The minimum absolute atomic E-state index is 0.0362. The first-order chi connectivity index (χ1) is 9.97. The molecule has 0 unspecified atom stereocenters. The first-order valence-corrected chi connectivity index (χ1v) is 7.01. The minimum atomic E-state index is -0.900. The first-order valence-electron chi connectivity index (χ1n) is 7.01. The number of benzene rings is 1. The third-order valence-electron chi connectivity index (χ3n) is 3.49. The van der Waals surface area contributed by atoms with Crippen molar-refractivity contribution >= 4 is 5.97 Å². The Morgan fingerprint density at radius 1 is 1.14 bits per heavy atom. The molecule has 0 saturated heterocycles. The van der Waals surface area contributed by atoms with E-state index in [2.05, 4.69) is 31.0 Å². The number of carbonyl (C=O) groups is 1.